The molecule has 0 radical (unpaired) electrons. The molecule has 6 nitrogen and oxygen atoms in total. The van der Waals surface area contributed by atoms with Crippen molar-refractivity contribution in [2.24, 2.45) is 0 Å². The van der Waals surface area contributed by atoms with Crippen molar-refractivity contribution in [1.29, 1.82) is 0 Å². The summed E-state index contributed by atoms with van der Waals surface area (Å²) in [5, 5.41) is 11.4. The Bertz CT molecular complexity index is 1770. The Kier molecular flexibility index (Phi) is 5.43. The first-order chi connectivity index (χ1) is 17.4. The Morgan fingerprint density at radius 3 is 2.36 bits per heavy atom. The van der Waals surface area contributed by atoms with E-state index in [1.165, 1.54) is 21.4 Å². The van der Waals surface area contributed by atoms with Crippen molar-refractivity contribution < 1.29 is 0 Å². The highest BCUT2D eigenvalue weighted by molar-refractivity contribution is 7.15. The van der Waals surface area contributed by atoms with Crippen LogP contribution in [0.2, 0.25) is 0 Å². The molecule has 0 bridgehead atoms. The maximum Gasteiger partial charge on any atom is 0.291 e. The smallest absolute Gasteiger partial charge is 0.266 e. The van der Waals surface area contributed by atoms with E-state index >= 15 is 0 Å². The summed E-state index contributed by atoms with van der Waals surface area (Å²) in [6, 6.07) is 22.2. The normalized spacial score (nSPS) is 12.6. The Morgan fingerprint density at radius 2 is 1.69 bits per heavy atom. The molecule has 178 valence electrons. The average molecular weight is 510 g/mol. The number of aromatic nitrogens is 5. The minimum Gasteiger partial charge on any atom is -0.266 e. The quantitative estimate of drug-likeness (QED) is 0.311. The van der Waals surface area contributed by atoms with Crippen molar-refractivity contribution in [3.63, 3.8) is 0 Å². The number of para-hydroxylation sites is 1. The van der Waals surface area contributed by atoms with E-state index < -0.39 is 0 Å². The monoisotopic (exact) mass is 509 g/mol. The molecule has 0 fully saturated rings. The van der Waals surface area contributed by atoms with Gasteiger partial charge in [0.05, 0.1) is 15.1 Å². The molecule has 6 aromatic rings. The number of benzene rings is 2. The van der Waals surface area contributed by atoms with Gasteiger partial charge < -0.3 is 0 Å². The fourth-order valence-electron chi connectivity index (χ4n) is 4.03. The fourth-order valence-corrected chi connectivity index (χ4v) is 5.66. The molecule has 0 aliphatic carbocycles. The van der Waals surface area contributed by atoms with Gasteiger partial charge in [0.1, 0.15) is 5.69 Å². The lowest BCUT2D eigenvalue weighted by Gasteiger charge is -2.18. The summed E-state index contributed by atoms with van der Waals surface area (Å²) in [5.74, 6) is 0.557. The number of thiazole rings is 1. The van der Waals surface area contributed by atoms with Crippen molar-refractivity contribution in [3.8, 4) is 27.6 Å². The zero-order chi connectivity index (χ0) is 24.9. The third kappa shape index (κ3) is 4.08. The third-order valence-electron chi connectivity index (χ3n) is 6.00. The fraction of sp³-hybridized carbons (Fsp3) is 0.143. The highest BCUT2D eigenvalue weighted by atomic mass is 32.1. The van der Waals surface area contributed by atoms with Gasteiger partial charge in [-0.3, -0.25) is 4.79 Å². The molecule has 0 N–H and O–H groups in total. The molecular weight excluding hydrogens is 486 g/mol. The number of fused-ring (bicyclic) bond motifs is 1. The molecule has 4 heterocycles. The van der Waals surface area contributed by atoms with E-state index in [9.17, 15) is 4.79 Å². The number of hydrogen-bond acceptors (Lipinski definition) is 6. The summed E-state index contributed by atoms with van der Waals surface area (Å²) in [6.45, 7) is 6.55. The lowest BCUT2D eigenvalue weighted by atomic mass is 9.87. The lowest BCUT2D eigenvalue weighted by molar-refractivity contribution is 0.590. The van der Waals surface area contributed by atoms with Crippen molar-refractivity contribution in [2.45, 2.75) is 26.2 Å². The van der Waals surface area contributed by atoms with Crippen LogP contribution >= 0.6 is 22.7 Å². The van der Waals surface area contributed by atoms with Crippen molar-refractivity contribution >= 4 is 33.7 Å². The summed E-state index contributed by atoms with van der Waals surface area (Å²) in [4.78, 5) is 19.5. The van der Waals surface area contributed by atoms with Gasteiger partial charge in [-0.05, 0) is 40.6 Å². The molecule has 4 aromatic heterocycles. The number of hydrogen-bond donors (Lipinski definition) is 0. The first kappa shape index (κ1) is 22.6. The van der Waals surface area contributed by atoms with Crippen molar-refractivity contribution in [1.82, 2.24) is 24.4 Å². The van der Waals surface area contributed by atoms with Crippen molar-refractivity contribution in [2.75, 3.05) is 0 Å². The summed E-state index contributed by atoms with van der Waals surface area (Å²) in [6.07, 6.45) is 3.85. The van der Waals surface area contributed by atoms with Crippen LogP contribution in [0.1, 0.15) is 31.9 Å². The van der Waals surface area contributed by atoms with E-state index in [2.05, 4.69) is 43.0 Å². The molecule has 2 aromatic carbocycles. The van der Waals surface area contributed by atoms with Crippen LogP contribution in [0.15, 0.2) is 83.1 Å². The highest BCUT2D eigenvalue weighted by Crippen LogP contribution is 2.28. The van der Waals surface area contributed by atoms with Gasteiger partial charge in [0.2, 0.25) is 4.96 Å². The van der Waals surface area contributed by atoms with Gasteiger partial charge in [0, 0.05) is 17.3 Å². The van der Waals surface area contributed by atoms with Crippen molar-refractivity contribution in [3.05, 3.63) is 104 Å². The predicted octanol–water partition coefficient (Wildman–Crippen LogP) is 5.58. The third-order valence-corrected chi connectivity index (χ3v) is 7.83. The molecule has 0 unspecified atom stereocenters. The van der Waals surface area contributed by atoms with Crippen LogP contribution in [0.4, 0.5) is 0 Å². The molecule has 0 saturated heterocycles. The lowest BCUT2D eigenvalue weighted by Crippen LogP contribution is -2.23. The summed E-state index contributed by atoms with van der Waals surface area (Å²) >= 11 is 2.96. The van der Waals surface area contributed by atoms with Crippen LogP contribution in [0.5, 0.6) is 0 Å². The second-order valence-electron chi connectivity index (χ2n) is 9.56. The molecule has 0 aliphatic heterocycles. The van der Waals surface area contributed by atoms with Gasteiger partial charge in [-0.25, -0.2) is 4.68 Å². The van der Waals surface area contributed by atoms with Crippen LogP contribution in [0.3, 0.4) is 0 Å². The average Bonchev–Trinajstić information content (AvgIpc) is 3.66. The molecular formula is C28H23N5OS2. The van der Waals surface area contributed by atoms with E-state index in [0.717, 1.165) is 27.4 Å². The van der Waals surface area contributed by atoms with Gasteiger partial charge in [-0.2, -0.15) is 14.6 Å². The Balaban J connectivity index is 1.42. The summed E-state index contributed by atoms with van der Waals surface area (Å²) < 4.78 is 3.82. The summed E-state index contributed by atoms with van der Waals surface area (Å²) in [5.41, 5.74) is 4.71. The van der Waals surface area contributed by atoms with Gasteiger partial charge in [-0.1, -0.05) is 80.6 Å². The molecule has 8 heteroatoms. The van der Waals surface area contributed by atoms with Gasteiger partial charge in [0.15, 0.2) is 5.82 Å². The van der Waals surface area contributed by atoms with E-state index in [-0.39, 0.29) is 11.0 Å². The highest BCUT2D eigenvalue weighted by Gasteiger charge is 2.17. The largest absolute Gasteiger partial charge is 0.291 e. The Morgan fingerprint density at radius 1 is 0.917 bits per heavy atom. The Labute approximate surface area is 215 Å². The minimum absolute atomic E-state index is 0.0731. The molecule has 0 amide bonds. The first-order valence-electron chi connectivity index (χ1n) is 11.6. The number of rotatable bonds is 4. The molecule has 0 atom stereocenters. The van der Waals surface area contributed by atoms with Crippen LogP contribution in [0.25, 0.3) is 38.7 Å². The van der Waals surface area contributed by atoms with E-state index in [1.807, 2.05) is 76.9 Å². The zero-order valence-electron chi connectivity index (χ0n) is 20.0. The van der Waals surface area contributed by atoms with E-state index in [0.29, 0.717) is 15.3 Å². The maximum atomic E-state index is 13.3. The van der Waals surface area contributed by atoms with Gasteiger partial charge in [-0.15, -0.1) is 16.4 Å². The second-order valence-corrected chi connectivity index (χ2v) is 11.5. The number of nitrogens with zero attached hydrogens (tertiary/aromatic N) is 5. The molecule has 6 rings (SSSR count). The van der Waals surface area contributed by atoms with Crippen LogP contribution in [-0.2, 0) is 5.41 Å². The van der Waals surface area contributed by atoms with E-state index in [1.54, 1.807) is 11.3 Å². The topological polar surface area (TPSA) is 65.1 Å². The standard InChI is InChI=1S/C28H23N5OS2/c1-28(2,3)20-13-11-18(12-14-20)25-29-27-33(31-25)26(34)23(36-27)16-19-17-32(21-8-5-4-6-9-21)30-24(19)22-10-7-15-35-22/h4-17H,1-3H3. The van der Waals surface area contributed by atoms with Crippen LogP contribution < -0.4 is 10.1 Å². The predicted molar refractivity (Wildman–Crippen MR) is 147 cm³/mol. The van der Waals surface area contributed by atoms with Crippen LogP contribution in [0, 0.1) is 0 Å². The molecule has 0 saturated carbocycles. The Hall–Kier alpha value is -3.88. The SMILES string of the molecule is CC(C)(C)c1ccc(-c2nc3sc(=Cc4cn(-c5ccccc5)nc4-c4cccs4)c(=O)n3n2)cc1. The van der Waals surface area contributed by atoms with Crippen LogP contribution in [-0.4, -0.2) is 24.4 Å². The maximum absolute atomic E-state index is 13.3. The molecule has 36 heavy (non-hydrogen) atoms. The first-order valence-corrected chi connectivity index (χ1v) is 13.3. The number of thiophene rings is 1. The minimum atomic E-state index is -0.176. The second kappa shape index (κ2) is 8.65. The zero-order valence-corrected chi connectivity index (χ0v) is 21.7. The molecule has 0 aliphatic rings. The molecule has 0 spiro atoms. The van der Waals surface area contributed by atoms with E-state index in [4.69, 9.17) is 5.10 Å². The van der Waals surface area contributed by atoms with Gasteiger partial charge >= 0.3 is 0 Å². The van der Waals surface area contributed by atoms with Gasteiger partial charge in [0.25, 0.3) is 5.56 Å². The summed E-state index contributed by atoms with van der Waals surface area (Å²) in [7, 11) is 0.